The average molecular weight is 443 g/mol. The molecule has 0 aliphatic carbocycles. The molecule has 4 rings (SSSR count). The lowest BCUT2D eigenvalue weighted by atomic mass is 9.90. The predicted molar refractivity (Wildman–Crippen MR) is 110 cm³/mol. The molecule has 2 aromatic rings. The minimum absolute atomic E-state index is 0.00708. The number of nitrogens with zero attached hydrogens (tertiary/aromatic N) is 1. The van der Waals surface area contributed by atoms with Crippen molar-refractivity contribution < 1.29 is 14.3 Å². The monoisotopic (exact) mass is 442 g/mol. The van der Waals surface area contributed by atoms with Crippen LogP contribution in [0.1, 0.15) is 48.5 Å². The highest BCUT2D eigenvalue weighted by molar-refractivity contribution is 9.10. The summed E-state index contributed by atoms with van der Waals surface area (Å²) in [5.41, 5.74) is 3.29. The molecule has 0 saturated carbocycles. The van der Waals surface area contributed by atoms with Gasteiger partial charge in [-0.15, -0.1) is 0 Å². The first-order valence-corrected chi connectivity index (χ1v) is 10.4. The molecule has 146 valence electrons. The molecule has 0 bridgehead atoms. The summed E-state index contributed by atoms with van der Waals surface area (Å²) in [6.07, 6.45) is 1.82. The molecule has 0 saturated heterocycles. The average Bonchev–Trinajstić information content (AvgIpc) is 2.68. The van der Waals surface area contributed by atoms with Crippen molar-refractivity contribution in [3.05, 3.63) is 63.6 Å². The van der Waals surface area contributed by atoms with E-state index in [1.165, 1.54) is 5.56 Å². The summed E-state index contributed by atoms with van der Waals surface area (Å²) in [6.45, 7) is 2.80. The fourth-order valence-corrected chi connectivity index (χ4v) is 4.57. The van der Waals surface area contributed by atoms with Crippen molar-refractivity contribution in [3.8, 4) is 5.75 Å². The van der Waals surface area contributed by atoms with Crippen LogP contribution in [0, 0.1) is 0 Å². The number of fused-ring (bicyclic) bond motifs is 2. The highest BCUT2D eigenvalue weighted by Crippen LogP contribution is 2.35. The Morgan fingerprint density at radius 1 is 1.21 bits per heavy atom. The first-order chi connectivity index (χ1) is 13.5. The van der Waals surface area contributed by atoms with Gasteiger partial charge in [0, 0.05) is 29.9 Å². The predicted octanol–water partition coefficient (Wildman–Crippen LogP) is 3.92. The Kier molecular flexibility index (Phi) is 5.40. The number of amides is 2. The van der Waals surface area contributed by atoms with Crippen LogP contribution in [0.25, 0.3) is 0 Å². The second-order valence-electron chi connectivity index (χ2n) is 7.32. The summed E-state index contributed by atoms with van der Waals surface area (Å²) in [7, 11) is 0. The third kappa shape index (κ3) is 3.78. The van der Waals surface area contributed by atoms with E-state index in [1.54, 1.807) is 6.92 Å². The molecule has 0 fully saturated rings. The van der Waals surface area contributed by atoms with Gasteiger partial charge >= 0.3 is 0 Å². The van der Waals surface area contributed by atoms with Crippen LogP contribution in [0.5, 0.6) is 5.75 Å². The van der Waals surface area contributed by atoms with Crippen LogP contribution in [0.15, 0.2) is 46.9 Å². The van der Waals surface area contributed by atoms with Crippen LogP contribution < -0.4 is 10.1 Å². The summed E-state index contributed by atoms with van der Waals surface area (Å²) >= 11 is 3.49. The van der Waals surface area contributed by atoms with Gasteiger partial charge in [-0.2, -0.15) is 0 Å². The number of ether oxygens (including phenoxy) is 1. The molecule has 2 amide bonds. The highest BCUT2D eigenvalue weighted by Gasteiger charge is 2.32. The summed E-state index contributed by atoms with van der Waals surface area (Å²) in [6, 6.07) is 13.7. The van der Waals surface area contributed by atoms with Gasteiger partial charge in [0.05, 0.1) is 25.1 Å². The quantitative estimate of drug-likeness (QED) is 0.783. The number of hydrogen-bond donors (Lipinski definition) is 1. The first kappa shape index (κ1) is 19.0. The molecule has 2 heterocycles. The van der Waals surface area contributed by atoms with E-state index in [9.17, 15) is 9.59 Å². The number of halogens is 1. The molecule has 2 unspecified atom stereocenters. The minimum Gasteiger partial charge on any atom is -0.493 e. The fourth-order valence-electron chi connectivity index (χ4n) is 4.19. The lowest BCUT2D eigenvalue weighted by molar-refractivity contribution is -0.133. The zero-order chi connectivity index (χ0) is 19.7. The van der Waals surface area contributed by atoms with Crippen LogP contribution in [-0.2, 0) is 16.0 Å². The Balaban J connectivity index is 1.54. The van der Waals surface area contributed by atoms with Gasteiger partial charge < -0.3 is 15.0 Å². The first-order valence-electron chi connectivity index (χ1n) is 9.59. The molecular formula is C22H23BrN2O3. The van der Waals surface area contributed by atoms with Crippen molar-refractivity contribution in [2.24, 2.45) is 0 Å². The topological polar surface area (TPSA) is 58.6 Å². The van der Waals surface area contributed by atoms with Gasteiger partial charge in [-0.25, -0.2) is 0 Å². The molecule has 2 aliphatic rings. The Labute approximate surface area is 173 Å². The molecule has 5 nitrogen and oxygen atoms in total. The Bertz CT molecular complexity index is 914. The second kappa shape index (κ2) is 7.95. The fraction of sp³-hybridized carbons (Fsp3) is 0.364. The minimum atomic E-state index is -0.218. The lowest BCUT2D eigenvalue weighted by Gasteiger charge is -2.37. The van der Waals surface area contributed by atoms with E-state index in [-0.39, 0.29) is 30.3 Å². The third-order valence-corrected chi connectivity index (χ3v) is 6.04. The largest absolute Gasteiger partial charge is 0.493 e. The molecule has 2 aromatic carbocycles. The van der Waals surface area contributed by atoms with Crippen molar-refractivity contribution >= 4 is 27.7 Å². The SMILES string of the molecule is CC(=O)N1CCc2ccccc2C1CC(=O)NC1CCOc2ccc(Br)cc21. The normalized spacial score (nSPS) is 20.6. The summed E-state index contributed by atoms with van der Waals surface area (Å²) < 4.78 is 6.67. The van der Waals surface area contributed by atoms with Crippen LogP contribution in [-0.4, -0.2) is 29.9 Å². The van der Waals surface area contributed by atoms with Gasteiger partial charge in [0.2, 0.25) is 11.8 Å². The van der Waals surface area contributed by atoms with E-state index in [0.717, 1.165) is 34.2 Å². The van der Waals surface area contributed by atoms with Crippen LogP contribution in [0.4, 0.5) is 0 Å². The summed E-state index contributed by atoms with van der Waals surface area (Å²) in [4.78, 5) is 26.9. The highest BCUT2D eigenvalue weighted by atomic mass is 79.9. The van der Waals surface area contributed by atoms with Gasteiger partial charge in [0.1, 0.15) is 5.75 Å². The second-order valence-corrected chi connectivity index (χ2v) is 8.24. The van der Waals surface area contributed by atoms with Crippen LogP contribution >= 0.6 is 15.9 Å². The molecule has 0 radical (unpaired) electrons. The zero-order valence-corrected chi connectivity index (χ0v) is 17.4. The van der Waals surface area contributed by atoms with E-state index >= 15 is 0 Å². The number of rotatable bonds is 3. The number of carbonyl (C=O) groups is 2. The van der Waals surface area contributed by atoms with Gasteiger partial charge in [-0.1, -0.05) is 40.2 Å². The van der Waals surface area contributed by atoms with Crippen LogP contribution in [0.3, 0.4) is 0 Å². The maximum absolute atomic E-state index is 13.0. The molecule has 6 heteroatoms. The molecule has 1 N–H and O–H groups in total. The summed E-state index contributed by atoms with van der Waals surface area (Å²) in [5.74, 6) is 0.770. The zero-order valence-electron chi connectivity index (χ0n) is 15.8. The van der Waals surface area contributed by atoms with E-state index in [1.807, 2.05) is 41.3 Å². The van der Waals surface area contributed by atoms with E-state index in [2.05, 4.69) is 27.3 Å². The number of nitrogens with one attached hydrogen (secondary N) is 1. The van der Waals surface area contributed by atoms with Gasteiger partial charge in [0.15, 0.2) is 0 Å². The maximum atomic E-state index is 13.0. The van der Waals surface area contributed by atoms with Crippen LogP contribution in [0.2, 0.25) is 0 Å². The van der Waals surface area contributed by atoms with E-state index < -0.39 is 0 Å². The van der Waals surface area contributed by atoms with Crippen molar-refractivity contribution in [2.45, 2.75) is 38.3 Å². The van der Waals surface area contributed by atoms with Gasteiger partial charge in [-0.05, 0) is 35.7 Å². The van der Waals surface area contributed by atoms with Crippen molar-refractivity contribution in [3.63, 3.8) is 0 Å². The molecule has 0 spiro atoms. The number of hydrogen-bond acceptors (Lipinski definition) is 3. The molecule has 2 aliphatic heterocycles. The van der Waals surface area contributed by atoms with Gasteiger partial charge in [0.25, 0.3) is 0 Å². The maximum Gasteiger partial charge on any atom is 0.222 e. The third-order valence-electron chi connectivity index (χ3n) is 5.54. The standard InChI is InChI=1S/C22H23BrN2O3/c1-14(26)25-10-8-15-4-2-3-5-17(15)20(25)13-22(27)24-19-9-11-28-21-7-6-16(23)12-18(19)21/h2-7,12,19-20H,8-11,13H2,1H3,(H,24,27). The smallest absolute Gasteiger partial charge is 0.222 e. The number of benzene rings is 2. The van der Waals surface area contributed by atoms with E-state index in [0.29, 0.717) is 13.2 Å². The Morgan fingerprint density at radius 3 is 2.86 bits per heavy atom. The van der Waals surface area contributed by atoms with Crippen molar-refractivity contribution in [2.75, 3.05) is 13.2 Å². The molecule has 28 heavy (non-hydrogen) atoms. The van der Waals surface area contributed by atoms with Gasteiger partial charge in [-0.3, -0.25) is 9.59 Å². The van der Waals surface area contributed by atoms with E-state index in [4.69, 9.17) is 4.74 Å². The lowest BCUT2D eigenvalue weighted by Crippen LogP contribution is -2.42. The van der Waals surface area contributed by atoms with Crippen molar-refractivity contribution in [1.29, 1.82) is 0 Å². The molecule has 2 atom stereocenters. The number of carbonyl (C=O) groups excluding carboxylic acids is 2. The molecule has 0 aromatic heterocycles. The Morgan fingerprint density at radius 2 is 2.04 bits per heavy atom. The summed E-state index contributed by atoms with van der Waals surface area (Å²) in [5, 5.41) is 3.16. The molecular weight excluding hydrogens is 420 g/mol. The Hall–Kier alpha value is -2.34. The van der Waals surface area contributed by atoms with Crippen molar-refractivity contribution in [1.82, 2.24) is 10.2 Å².